The average Bonchev–Trinajstić information content (AvgIpc) is 3.19. The Balaban J connectivity index is 1.33. The third kappa shape index (κ3) is 5.52. The molecule has 0 fully saturated rings. The van der Waals surface area contributed by atoms with Gasteiger partial charge in [0.15, 0.2) is 0 Å². The first-order valence-electron chi connectivity index (χ1n) is 11.3. The van der Waals surface area contributed by atoms with Gasteiger partial charge in [-0.3, -0.25) is 14.9 Å². The highest BCUT2D eigenvalue weighted by Gasteiger charge is 2.29. The number of amides is 2. The Hall–Kier alpha value is -4.66. The van der Waals surface area contributed by atoms with E-state index in [4.69, 9.17) is 9.84 Å². The van der Waals surface area contributed by atoms with Crippen LogP contribution in [-0.2, 0) is 14.3 Å². The summed E-state index contributed by atoms with van der Waals surface area (Å²) < 4.78 is 5.50. The van der Waals surface area contributed by atoms with E-state index >= 15 is 0 Å². The fraction of sp³-hybridized carbons (Fsp3) is 0.185. The van der Waals surface area contributed by atoms with E-state index in [1.165, 1.54) is 24.3 Å². The number of benzene rings is 3. The Morgan fingerprint density at radius 2 is 1.42 bits per heavy atom. The molecule has 4 rings (SSSR count). The van der Waals surface area contributed by atoms with Crippen LogP contribution in [0.2, 0.25) is 0 Å². The molecule has 0 unspecified atom stereocenters. The standard InChI is InChI=1S/C27H24N2O7/c30-24(31)14-13-23(26(33)34)29-25(32)16-9-11-17(12-10-16)28-27(35)36-15-22-20-7-3-1-5-18(20)19-6-2-4-8-21(19)22/h1-12,22-23H,13-15H2,(H,28,35)(H,29,32)(H,30,31)(H,33,34)/t23-/m0/s1. The second kappa shape index (κ2) is 10.7. The van der Waals surface area contributed by atoms with Gasteiger partial charge >= 0.3 is 18.0 Å². The summed E-state index contributed by atoms with van der Waals surface area (Å²) in [6.45, 7) is 0.160. The largest absolute Gasteiger partial charge is 0.481 e. The summed E-state index contributed by atoms with van der Waals surface area (Å²) in [5.74, 6) is -3.21. The fourth-order valence-corrected chi connectivity index (χ4v) is 4.22. The lowest BCUT2D eigenvalue weighted by atomic mass is 9.98. The predicted molar refractivity (Wildman–Crippen MR) is 131 cm³/mol. The molecular formula is C27H24N2O7. The van der Waals surface area contributed by atoms with E-state index in [-0.39, 0.29) is 30.9 Å². The molecule has 3 aromatic carbocycles. The van der Waals surface area contributed by atoms with Gasteiger partial charge in [0.05, 0.1) is 0 Å². The Bertz CT molecular complexity index is 1260. The first-order chi connectivity index (χ1) is 17.3. The summed E-state index contributed by atoms with van der Waals surface area (Å²) in [5, 5.41) is 22.8. The highest BCUT2D eigenvalue weighted by molar-refractivity contribution is 5.97. The van der Waals surface area contributed by atoms with Gasteiger partial charge in [-0.1, -0.05) is 48.5 Å². The number of fused-ring (bicyclic) bond motifs is 3. The normalized spacial score (nSPS) is 12.7. The van der Waals surface area contributed by atoms with Crippen molar-refractivity contribution in [3.63, 3.8) is 0 Å². The van der Waals surface area contributed by atoms with Crippen LogP contribution in [0.25, 0.3) is 11.1 Å². The molecule has 0 saturated carbocycles. The van der Waals surface area contributed by atoms with Crippen LogP contribution in [-0.4, -0.2) is 46.8 Å². The van der Waals surface area contributed by atoms with Crippen molar-refractivity contribution in [3.8, 4) is 11.1 Å². The number of carboxylic acid groups (broad SMARTS) is 2. The minimum atomic E-state index is -1.33. The monoisotopic (exact) mass is 488 g/mol. The summed E-state index contributed by atoms with van der Waals surface area (Å²) in [6.07, 6.45) is -1.27. The van der Waals surface area contributed by atoms with Crippen LogP contribution >= 0.6 is 0 Å². The molecule has 184 valence electrons. The Labute approximate surface area is 206 Å². The quantitative estimate of drug-likeness (QED) is 0.355. The second-order valence-corrected chi connectivity index (χ2v) is 8.32. The SMILES string of the molecule is O=C(O)CC[C@H](NC(=O)c1ccc(NC(=O)OCC2c3ccccc3-c3ccccc32)cc1)C(=O)O. The Kier molecular flexibility index (Phi) is 7.29. The minimum Gasteiger partial charge on any atom is -0.481 e. The molecule has 9 nitrogen and oxygen atoms in total. The lowest BCUT2D eigenvalue weighted by Crippen LogP contribution is -2.41. The van der Waals surface area contributed by atoms with Crippen molar-refractivity contribution in [3.05, 3.63) is 89.5 Å². The summed E-state index contributed by atoms with van der Waals surface area (Å²) >= 11 is 0. The van der Waals surface area contributed by atoms with Crippen LogP contribution in [0.3, 0.4) is 0 Å². The van der Waals surface area contributed by atoms with Crippen molar-refractivity contribution in [1.29, 1.82) is 0 Å². The lowest BCUT2D eigenvalue weighted by molar-refractivity contribution is -0.140. The van der Waals surface area contributed by atoms with Gasteiger partial charge in [0.25, 0.3) is 5.91 Å². The number of hydrogen-bond acceptors (Lipinski definition) is 5. The van der Waals surface area contributed by atoms with Crippen molar-refractivity contribution in [2.75, 3.05) is 11.9 Å². The van der Waals surface area contributed by atoms with Gasteiger partial charge in [-0.25, -0.2) is 9.59 Å². The van der Waals surface area contributed by atoms with Crippen molar-refractivity contribution < 1.29 is 34.1 Å². The molecule has 1 atom stereocenters. The number of aliphatic carboxylic acids is 2. The Morgan fingerprint density at radius 1 is 0.833 bits per heavy atom. The first-order valence-corrected chi connectivity index (χ1v) is 11.3. The van der Waals surface area contributed by atoms with E-state index in [1.54, 1.807) is 0 Å². The van der Waals surface area contributed by atoms with Crippen LogP contribution < -0.4 is 10.6 Å². The molecule has 1 aliphatic rings. The minimum absolute atomic E-state index is 0.0717. The maximum Gasteiger partial charge on any atom is 0.411 e. The maximum atomic E-state index is 12.4. The third-order valence-corrected chi connectivity index (χ3v) is 5.99. The second-order valence-electron chi connectivity index (χ2n) is 8.32. The first kappa shape index (κ1) is 24.5. The molecule has 4 N–H and O–H groups in total. The summed E-state index contributed by atoms with van der Waals surface area (Å²) in [7, 11) is 0. The van der Waals surface area contributed by atoms with Crippen molar-refractivity contribution in [2.24, 2.45) is 0 Å². The third-order valence-electron chi connectivity index (χ3n) is 5.99. The Morgan fingerprint density at radius 3 is 1.97 bits per heavy atom. The number of carboxylic acids is 2. The van der Waals surface area contributed by atoms with Gasteiger partial charge in [0, 0.05) is 23.6 Å². The van der Waals surface area contributed by atoms with E-state index in [2.05, 4.69) is 22.8 Å². The molecule has 36 heavy (non-hydrogen) atoms. The molecule has 2 amide bonds. The molecule has 9 heteroatoms. The number of rotatable bonds is 9. The van der Waals surface area contributed by atoms with Gasteiger partial charge < -0.3 is 20.3 Å². The number of nitrogens with one attached hydrogen (secondary N) is 2. The average molecular weight is 488 g/mol. The molecule has 0 radical (unpaired) electrons. The van der Waals surface area contributed by atoms with Crippen molar-refractivity contribution >= 4 is 29.6 Å². The summed E-state index contributed by atoms with van der Waals surface area (Å²) in [6, 6.07) is 20.5. The molecule has 0 saturated heterocycles. The van der Waals surface area contributed by atoms with Gasteiger partial charge in [-0.05, 0) is 52.9 Å². The van der Waals surface area contributed by atoms with Crippen LogP contribution in [0.1, 0.15) is 40.2 Å². The van der Waals surface area contributed by atoms with E-state index in [1.807, 2.05) is 36.4 Å². The highest BCUT2D eigenvalue weighted by atomic mass is 16.5. The number of carbonyl (C=O) groups excluding carboxylic acids is 2. The molecule has 0 aliphatic heterocycles. The van der Waals surface area contributed by atoms with Gasteiger partial charge in [-0.15, -0.1) is 0 Å². The summed E-state index contributed by atoms with van der Waals surface area (Å²) in [4.78, 5) is 46.8. The smallest absolute Gasteiger partial charge is 0.411 e. The zero-order chi connectivity index (χ0) is 25.7. The lowest BCUT2D eigenvalue weighted by Gasteiger charge is -2.15. The number of ether oxygens (including phenoxy) is 1. The van der Waals surface area contributed by atoms with Crippen LogP contribution in [0.5, 0.6) is 0 Å². The molecule has 0 heterocycles. The van der Waals surface area contributed by atoms with Gasteiger partial charge in [-0.2, -0.15) is 0 Å². The molecule has 1 aliphatic carbocycles. The molecule has 0 bridgehead atoms. The summed E-state index contributed by atoms with van der Waals surface area (Å²) in [5.41, 5.74) is 5.02. The fourth-order valence-electron chi connectivity index (χ4n) is 4.22. The van der Waals surface area contributed by atoms with Crippen LogP contribution in [0, 0.1) is 0 Å². The molecule has 0 aromatic heterocycles. The zero-order valence-electron chi connectivity index (χ0n) is 19.1. The van der Waals surface area contributed by atoms with E-state index in [0.717, 1.165) is 22.3 Å². The van der Waals surface area contributed by atoms with Crippen LogP contribution in [0.15, 0.2) is 72.8 Å². The molecule has 0 spiro atoms. The topological polar surface area (TPSA) is 142 Å². The zero-order valence-corrected chi connectivity index (χ0v) is 19.1. The van der Waals surface area contributed by atoms with Crippen molar-refractivity contribution in [1.82, 2.24) is 5.32 Å². The van der Waals surface area contributed by atoms with Gasteiger partial charge in [0.2, 0.25) is 0 Å². The predicted octanol–water partition coefficient (Wildman–Crippen LogP) is 4.10. The highest BCUT2D eigenvalue weighted by Crippen LogP contribution is 2.44. The number of anilines is 1. The number of hydrogen-bond donors (Lipinski definition) is 4. The van der Waals surface area contributed by atoms with E-state index in [0.29, 0.717) is 5.69 Å². The van der Waals surface area contributed by atoms with Gasteiger partial charge in [0.1, 0.15) is 12.6 Å². The van der Waals surface area contributed by atoms with Crippen molar-refractivity contribution in [2.45, 2.75) is 24.8 Å². The van der Waals surface area contributed by atoms with Crippen LogP contribution in [0.4, 0.5) is 10.5 Å². The molecular weight excluding hydrogens is 464 g/mol. The molecule has 3 aromatic rings. The van der Waals surface area contributed by atoms with E-state index in [9.17, 15) is 24.3 Å². The van der Waals surface area contributed by atoms with E-state index < -0.39 is 30.0 Å². The number of carbonyl (C=O) groups is 4. The maximum absolute atomic E-state index is 12.4.